The van der Waals surface area contributed by atoms with Gasteiger partial charge in [0, 0.05) is 18.6 Å². The summed E-state index contributed by atoms with van der Waals surface area (Å²) in [5.41, 5.74) is 0. The molecule has 2 nitrogen and oxygen atoms in total. The van der Waals surface area contributed by atoms with Crippen LogP contribution in [0.2, 0.25) is 0 Å². The minimum Gasteiger partial charge on any atom is -0.314 e. The molecule has 84 valence electrons. The van der Waals surface area contributed by atoms with Gasteiger partial charge in [0.15, 0.2) is 0 Å². The molecule has 0 heterocycles. The zero-order valence-corrected chi connectivity index (χ0v) is 10.2. The van der Waals surface area contributed by atoms with Gasteiger partial charge in [0.25, 0.3) is 0 Å². The van der Waals surface area contributed by atoms with Crippen molar-refractivity contribution in [2.24, 2.45) is 5.92 Å². The van der Waals surface area contributed by atoms with Crippen LogP contribution < -0.4 is 5.32 Å². The molecule has 1 fully saturated rings. The van der Waals surface area contributed by atoms with Crippen molar-refractivity contribution in [3.63, 3.8) is 0 Å². The predicted octanol–water partition coefficient (Wildman–Crippen LogP) is 2.10. The number of hydrogen-bond donors (Lipinski definition) is 1. The van der Waals surface area contributed by atoms with Crippen LogP contribution in [0, 0.1) is 5.92 Å². The molecule has 1 rings (SSSR count). The van der Waals surface area contributed by atoms with Crippen LogP contribution in [0.1, 0.15) is 40.0 Å². The Bertz CT molecular complexity index is 154. The zero-order valence-electron chi connectivity index (χ0n) is 10.2. The van der Waals surface area contributed by atoms with Gasteiger partial charge in [0.2, 0.25) is 0 Å². The van der Waals surface area contributed by atoms with E-state index in [9.17, 15) is 0 Å². The lowest BCUT2D eigenvalue weighted by molar-refractivity contribution is 0.222. The molecular formula is C12H26N2. The highest BCUT2D eigenvalue weighted by Crippen LogP contribution is 2.30. The van der Waals surface area contributed by atoms with E-state index < -0.39 is 0 Å². The fraction of sp³-hybridized carbons (Fsp3) is 1.00. The molecule has 0 radical (unpaired) electrons. The van der Waals surface area contributed by atoms with Crippen molar-refractivity contribution in [3.05, 3.63) is 0 Å². The molecule has 1 saturated carbocycles. The Morgan fingerprint density at radius 3 is 2.50 bits per heavy atom. The van der Waals surface area contributed by atoms with E-state index in [1.54, 1.807) is 0 Å². The molecule has 0 bridgehead atoms. The fourth-order valence-corrected chi connectivity index (χ4v) is 2.01. The van der Waals surface area contributed by atoms with E-state index in [0.29, 0.717) is 12.1 Å². The van der Waals surface area contributed by atoms with E-state index in [1.165, 1.54) is 25.8 Å². The standard InChI is InChI=1S/C12H26N2/c1-5-13-10(2)8-11(3)14(4)9-12-6-7-12/h10-13H,5-9H2,1-4H3. The van der Waals surface area contributed by atoms with Crippen LogP contribution in [-0.4, -0.2) is 37.1 Å². The summed E-state index contributed by atoms with van der Waals surface area (Å²) >= 11 is 0. The first-order valence-corrected chi connectivity index (χ1v) is 6.07. The molecule has 1 N–H and O–H groups in total. The Hall–Kier alpha value is -0.0800. The molecule has 2 unspecified atom stereocenters. The lowest BCUT2D eigenvalue weighted by Gasteiger charge is -2.27. The third-order valence-electron chi connectivity index (χ3n) is 3.24. The molecule has 0 aromatic rings. The van der Waals surface area contributed by atoms with Gasteiger partial charge >= 0.3 is 0 Å². The molecule has 0 saturated heterocycles. The molecule has 1 aliphatic carbocycles. The minimum atomic E-state index is 0.650. The van der Waals surface area contributed by atoms with Crippen molar-refractivity contribution in [1.82, 2.24) is 10.2 Å². The number of rotatable bonds is 7. The summed E-state index contributed by atoms with van der Waals surface area (Å²) in [5.74, 6) is 1.01. The second-order valence-electron chi connectivity index (χ2n) is 4.93. The highest BCUT2D eigenvalue weighted by atomic mass is 15.1. The van der Waals surface area contributed by atoms with Crippen molar-refractivity contribution in [1.29, 1.82) is 0 Å². The van der Waals surface area contributed by atoms with E-state index in [1.807, 2.05) is 0 Å². The Labute approximate surface area is 89.1 Å². The monoisotopic (exact) mass is 198 g/mol. The van der Waals surface area contributed by atoms with Gasteiger partial charge in [-0.2, -0.15) is 0 Å². The van der Waals surface area contributed by atoms with Crippen molar-refractivity contribution in [2.45, 2.75) is 52.1 Å². The van der Waals surface area contributed by atoms with Gasteiger partial charge in [-0.1, -0.05) is 6.92 Å². The average Bonchev–Trinajstić information content (AvgIpc) is 2.88. The first kappa shape index (κ1) is 12.0. The van der Waals surface area contributed by atoms with Crippen LogP contribution in [0.4, 0.5) is 0 Å². The Kier molecular flexibility index (Phi) is 4.90. The molecular weight excluding hydrogens is 172 g/mol. The normalized spacial score (nSPS) is 21.2. The largest absolute Gasteiger partial charge is 0.314 e. The highest BCUT2D eigenvalue weighted by Gasteiger charge is 2.24. The molecule has 14 heavy (non-hydrogen) atoms. The lowest BCUT2D eigenvalue weighted by Crippen LogP contribution is -2.37. The van der Waals surface area contributed by atoms with Crippen molar-refractivity contribution < 1.29 is 0 Å². The summed E-state index contributed by atoms with van der Waals surface area (Å²) in [6, 6.07) is 1.36. The topological polar surface area (TPSA) is 15.3 Å². The predicted molar refractivity (Wildman–Crippen MR) is 62.6 cm³/mol. The van der Waals surface area contributed by atoms with E-state index in [-0.39, 0.29) is 0 Å². The maximum Gasteiger partial charge on any atom is 0.00787 e. The minimum absolute atomic E-state index is 0.650. The van der Waals surface area contributed by atoms with Gasteiger partial charge in [0.05, 0.1) is 0 Å². The Morgan fingerprint density at radius 1 is 1.36 bits per heavy atom. The molecule has 1 aliphatic rings. The van der Waals surface area contributed by atoms with Crippen LogP contribution >= 0.6 is 0 Å². The Morgan fingerprint density at radius 2 is 2.00 bits per heavy atom. The molecule has 2 heteroatoms. The first-order valence-electron chi connectivity index (χ1n) is 6.07. The molecule has 2 atom stereocenters. The number of hydrogen-bond acceptors (Lipinski definition) is 2. The van der Waals surface area contributed by atoms with Gasteiger partial charge in [-0.15, -0.1) is 0 Å². The maximum absolute atomic E-state index is 3.47. The fourth-order valence-electron chi connectivity index (χ4n) is 2.01. The van der Waals surface area contributed by atoms with E-state index in [2.05, 4.69) is 38.0 Å². The lowest BCUT2D eigenvalue weighted by atomic mass is 10.1. The van der Waals surface area contributed by atoms with Crippen molar-refractivity contribution in [2.75, 3.05) is 20.1 Å². The van der Waals surface area contributed by atoms with Crippen LogP contribution in [0.15, 0.2) is 0 Å². The second kappa shape index (κ2) is 5.72. The zero-order chi connectivity index (χ0) is 10.6. The summed E-state index contributed by atoms with van der Waals surface area (Å²) in [6.07, 6.45) is 4.18. The van der Waals surface area contributed by atoms with Gasteiger partial charge in [-0.25, -0.2) is 0 Å². The van der Waals surface area contributed by atoms with E-state index in [4.69, 9.17) is 0 Å². The summed E-state index contributed by atoms with van der Waals surface area (Å²) in [7, 11) is 2.27. The maximum atomic E-state index is 3.47. The van der Waals surface area contributed by atoms with Gasteiger partial charge in [-0.05, 0) is 52.6 Å². The summed E-state index contributed by atoms with van der Waals surface area (Å²) < 4.78 is 0. The van der Waals surface area contributed by atoms with Crippen molar-refractivity contribution >= 4 is 0 Å². The van der Waals surface area contributed by atoms with Crippen LogP contribution in [0.5, 0.6) is 0 Å². The third kappa shape index (κ3) is 4.43. The van der Waals surface area contributed by atoms with Gasteiger partial charge in [-0.3, -0.25) is 0 Å². The molecule has 0 aromatic heterocycles. The summed E-state index contributed by atoms with van der Waals surface area (Å²) in [5, 5.41) is 3.47. The third-order valence-corrected chi connectivity index (χ3v) is 3.24. The summed E-state index contributed by atoms with van der Waals surface area (Å²) in [4.78, 5) is 2.52. The van der Waals surface area contributed by atoms with E-state index in [0.717, 1.165) is 12.5 Å². The SMILES string of the molecule is CCNC(C)CC(C)N(C)CC1CC1. The van der Waals surface area contributed by atoms with Crippen LogP contribution in [-0.2, 0) is 0 Å². The van der Waals surface area contributed by atoms with Gasteiger partial charge in [0.1, 0.15) is 0 Å². The number of nitrogens with one attached hydrogen (secondary N) is 1. The smallest absolute Gasteiger partial charge is 0.00787 e. The molecule has 0 amide bonds. The van der Waals surface area contributed by atoms with Gasteiger partial charge < -0.3 is 10.2 Å². The highest BCUT2D eigenvalue weighted by molar-refractivity contribution is 4.79. The van der Waals surface area contributed by atoms with Crippen LogP contribution in [0.3, 0.4) is 0 Å². The quantitative estimate of drug-likeness (QED) is 0.674. The molecule has 0 aliphatic heterocycles. The average molecular weight is 198 g/mol. The Balaban J connectivity index is 2.14. The first-order chi connectivity index (χ1) is 6.63. The van der Waals surface area contributed by atoms with Crippen LogP contribution in [0.25, 0.3) is 0 Å². The summed E-state index contributed by atoms with van der Waals surface area (Å²) in [6.45, 7) is 9.19. The van der Waals surface area contributed by atoms with E-state index >= 15 is 0 Å². The number of nitrogens with zero attached hydrogens (tertiary/aromatic N) is 1. The molecule has 0 spiro atoms. The molecule has 0 aromatic carbocycles. The van der Waals surface area contributed by atoms with Crippen molar-refractivity contribution in [3.8, 4) is 0 Å². The second-order valence-corrected chi connectivity index (χ2v) is 4.93.